The number of anilines is 1. The fourth-order valence-electron chi connectivity index (χ4n) is 5.64. The van der Waals surface area contributed by atoms with Crippen molar-refractivity contribution in [3.05, 3.63) is 77.0 Å². The molecule has 234 valence electrons. The Labute approximate surface area is 266 Å². The molecule has 2 atom stereocenters. The van der Waals surface area contributed by atoms with Gasteiger partial charge < -0.3 is 0 Å². The Morgan fingerprint density at radius 2 is 1.66 bits per heavy atom. The molecule has 3 aromatic rings. The van der Waals surface area contributed by atoms with Crippen LogP contribution in [0.1, 0.15) is 65.9 Å². The molecule has 0 N–H and O–H groups in total. The number of carbonyl (C=O) groups excluding carboxylic acids is 3. The van der Waals surface area contributed by atoms with Crippen molar-refractivity contribution in [3.8, 4) is 0 Å². The van der Waals surface area contributed by atoms with E-state index in [9.17, 15) is 14.4 Å². The van der Waals surface area contributed by atoms with E-state index in [1.807, 2.05) is 54.6 Å². The first kappa shape index (κ1) is 31.9. The van der Waals surface area contributed by atoms with Crippen LogP contribution in [0, 0.1) is 0 Å². The molecule has 1 saturated heterocycles. The zero-order valence-electron chi connectivity index (χ0n) is 25.8. The maximum atomic E-state index is 13.6. The molecule has 0 spiro atoms. The summed E-state index contributed by atoms with van der Waals surface area (Å²) < 4.78 is 13.1. The van der Waals surface area contributed by atoms with E-state index < -0.39 is 27.9 Å². The normalized spacial score (nSPS) is 16.0. The third-order valence-electron chi connectivity index (χ3n) is 8.28. The van der Waals surface area contributed by atoms with E-state index in [-0.39, 0.29) is 23.6 Å². The Morgan fingerprint density at radius 1 is 0.932 bits per heavy atom. The molecule has 5 rings (SSSR count). The summed E-state index contributed by atoms with van der Waals surface area (Å²) in [5, 5.41) is 4.62. The van der Waals surface area contributed by atoms with Gasteiger partial charge in [-0.15, -0.1) is 0 Å². The average Bonchev–Trinajstić information content (AvgIpc) is 3.63. The molecule has 11 heteroatoms. The van der Waals surface area contributed by atoms with E-state index in [0.717, 1.165) is 68.7 Å². The second kappa shape index (κ2) is 15.0. The number of fused-ring (bicyclic) bond motifs is 1. The fourth-order valence-corrected chi connectivity index (χ4v) is 7.84. The van der Waals surface area contributed by atoms with Crippen LogP contribution in [0.5, 0.6) is 0 Å². The number of rotatable bonds is 12. The number of amides is 1. The van der Waals surface area contributed by atoms with Crippen LogP contribution in [0.15, 0.2) is 54.6 Å². The first-order valence-electron chi connectivity index (χ1n) is 15.4. The van der Waals surface area contributed by atoms with Gasteiger partial charge in [0.2, 0.25) is 0 Å². The molecule has 10 nitrogen and oxygen atoms in total. The molecule has 2 aliphatic heterocycles. The molecule has 44 heavy (non-hydrogen) atoms. The average molecular weight is 664 g/mol. The number of nitrogens with zero attached hydrogens (tertiary/aromatic N) is 5. The number of likely N-dealkylation sites (N-methyl/N-ethyl adjacent to an activating group) is 1. The molecular weight excluding hydrogens is 621 g/mol. The van der Waals surface area contributed by atoms with E-state index in [0.29, 0.717) is 22.3 Å². The summed E-state index contributed by atoms with van der Waals surface area (Å²) in [5.74, 6) is -0.203. The van der Waals surface area contributed by atoms with Crippen LogP contribution in [0.3, 0.4) is 0 Å². The van der Waals surface area contributed by atoms with E-state index in [2.05, 4.69) is 28.9 Å². The van der Waals surface area contributed by atoms with Crippen LogP contribution < -0.4 is 9.38 Å². The van der Waals surface area contributed by atoms with Crippen LogP contribution in [0.4, 0.5) is 10.5 Å². The Balaban J connectivity index is 1.33. The SMILES string of the molecule is CCCCCCOC(=O)n1nc([AsH]C(=O)c2ccc(N3CCN(C)CC3)cc2)c2c1CN(C(=O)[C@H](OC)c1ccccc1)C2. The number of carbonyl (C=O) groups is 3. The van der Waals surface area contributed by atoms with Gasteiger partial charge >= 0.3 is 267 Å². The van der Waals surface area contributed by atoms with Crippen molar-refractivity contribution in [1.29, 1.82) is 0 Å². The first-order valence-corrected chi connectivity index (χ1v) is 17.5. The van der Waals surface area contributed by atoms with Gasteiger partial charge in [0.15, 0.2) is 0 Å². The third kappa shape index (κ3) is 7.42. The van der Waals surface area contributed by atoms with E-state index in [1.54, 1.807) is 4.90 Å². The molecule has 1 unspecified atom stereocenters. The molecule has 0 radical (unpaired) electrons. The van der Waals surface area contributed by atoms with Gasteiger partial charge in [-0.25, -0.2) is 0 Å². The summed E-state index contributed by atoms with van der Waals surface area (Å²) in [7, 11) is 3.64. The number of aromatic nitrogens is 2. The number of benzene rings is 2. The number of unbranched alkanes of at least 4 members (excludes halogenated alkanes) is 3. The van der Waals surface area contributed by atoms with Gasteiger partial charge in [-0.2, -0.15) is 0 Å². The summed E-state index contributed by atoms with van der Waals surface area (Å²) in [6, 6.07) is 17.2. The Hall–Kier alpha value is -3.46. The fraction of sp³-hybridized carbons (Fsp3) is 0.455. The van der Waals surface area contributed by atoms with Gasteiger partial charge in [-0.1, -0.05) is 0 Å². The quantitative estimate of drug-likeness (QED) is 0.215. The van der Waals surface area contributed by atoms with Crippen LogP contribution >= 0.6 is 0 Å². The molecule has 0 bridgehead atoms. The summed E-state index contributed by atoms with van der Waals surface area (Å²) in [5.41, 5.74) is 3.89. The summed E-state index contributed by atoms with van der Waals surface area (Å²) in [4.78, 5) is 46.6. The number of hydrogen-bond acceptors (Lipinski definition) is 8. The molecule has 1 fully saturated rings. The van der Waals surface area contributed by atoms with Crippen molar-refractivity contribution in [3.63, 3.8) is 0 Å². The Bertz CT molecular complexity index is 1440. The predicted molar refractivity (Wildman–Crippen MR) is 171 cm³/mol. The number of methoxy groups -OCH3 is 1. The van der Waals surface area contributed by atoms with Gasteiger partial charge in [-0.3, -0.25) is 0 Å². The standard InChI is InChI=1S/C33H42AsN5O5/c1-4-5-6-10-21-44-33(42)39-28-23-38(32(41)29(43-3)24-11-8-7-9-12-24)22-27(28)30(35-39)34-31(40)25-13-15-26(16-14-25)37-19-17-36(2)18-20-37/h7-9,11-16,29,34H,4-6,10,17-23H2,1-3H3/t29-/m1/s1. The maximum absolute atomic E-state index is 13.6. The second-order valence-corrected chi connectivity index (χ2v) is 13.8. The van der Waals surface area contributed by atoms with Gasteiger partial charge in [0.05, 0.1) is 0 Å². The monoisotopic (exact) mass is 663 g/mol. The van der Waals surface area contributed by atoms with Gasteiger partial charge in [0, 0.05) is 0 Å². The second-order valence-electron chi connectivity index (χ2n) is 11.4. The van der Waals surface area contributed by atoms with Crippen molar-refractivity contribution >= 4 is 42.5 Å². The van der Waals surface area contributed by atoms with Crippen molar-refractivity contribution < 1.29 is 23.9 Å². The summed E-state index contributed by atoms with van der Waals surface area (Å²) >= 11 is -1.42. The van der Waals surface area contributed by atoms with E-state index in [4.69, 9.17) is 9.47 Å². The molecule has 1 amide bonds. The topological polar surface area (TPSA) is 97.2 Å². The molecule has 1 aromatic heterocycles. The minimum atomic E-state index is -1.42. The Morgan fingerprint density at radius 3 is 2.34 bits per heavy atom. The van der Waals surface area contributed by atoms with E-state index >= 15 is 0 Å². The van der Waals surface area contributed by atoms with Crippen LogP contribution in [0.2, 0.25) is 0 Å². The van der Waals surface area contributed by atoms with Crippen LogP contribution in [-0.2, 0) is 27.4 Å². The van der Waals surface area contributed by atoms with Crippen molar-refractivity contribution in [2.45, 2.75) is 51.8 Å². The first-order chi connectivity index (χ1) is 21.4. The number of hydrogen-bond donors (Lipinski definition) is 0. The zero-order chi connectivity index (χ0) is 31.1. The van der Waals surface area contributed by atoms with Crippen molar-refractivity contribution in [2.24, 2.45) is 0 Å². The van der Waals surface area contributed by atoms with Crippen LogP contribution in [0.25, 0.3) is 0 Å². The van der Waals surface area contributed by atoms with E-state index in [1.165, 1.54) is 11.8 Å². The zero-order valence-corrected chi connectivity index (χ0v) is 27.9. The molecular formula is C33H42AsN5O5. The van der Waals surface area contributed by atoms with Gasteiger partial charge in [0.1, 0.15) is 0 Å². The minimum absolute atomic E-state index is 0.0270. The Kier molecular flexibility index (Phi) is 10.9. The predicted octanol–water partition coefficient (Wildman–Crippen LogP) is 3.33. The van der Waals surface area contributed by atoms with Crippen molar-refractivity contribution in [1.82, 2.24) is 19.6 Å². The third-order valence-corrected chi connectivity index (χ3v) is 10.7. The molecule has 2 aliphatic rings. The number of piperazine rings is 1. The molecule has 2 aromatic carbocycles. The summed E-state index contributed by atoms with van der Waals surface area (Å²) in [6.07, 6.45) is 2.61. The van der Waals surface area contributed by atoms with Crippen LogP contribution in [-0.4, -0.2) is 98.8 Å². The van der Waals surface area contributed by atoms with Crippen molar-refractivity contribution in [2.75, 3.05) is 51.8 Å². The summed E-state index contributed by atoms with van der Waals surface area (Å²) in [6.45, 7) is 6.83. The van der Waals surface area contributed by atoms with Gasteiger partial charge in [0.25, 0.3) is 0 Å². The molecule has 0 saturated carbocycles. The molecule has 3 heterocycles. The number of ether oxygens (including phenoxy) is 2. The van der Waals surface area contributed by atoms with Gasteiger partial charge in [-0.05, 0) is 0 Å². The molecule has 0 aliphatic carbocycles.